The van der Waals surface area contributed by atoms with Gasteiger partial charge in [-0.3, -0.25) is 5.32 Å². The highest BCUT2D eigenvalue weighted by Crippen LogP contribution is 2.29. The monoisotopic (exact) mass is 277 g/mol. The lowest BCUT2D eigenvalue weighted by Gasteiger charge is -2.38. The number of rotatable bonds is 7. The first kappa shape index (κ1) is 15.8. The van der Waals surface area contributed by atoms with Gasteiger partial charge in [0.2, 0.25) is 0 Å². The number of nitrogens with one attached hydrogen (secondary N) is 1. The van der Waals surface area contributed by atoms with E-state index in [0.29, 0.717) is 11.5 Å². The average Bonchev–Trinajstić information content (AvgIpc) is 3.17. The highest BCUT2D eigenvalue weighted by Gasteiger charge is 2.32. The number of unbranched alkanes of at least 4 members (excludes halogenated alkanes) is 1. The van der Waals surface area contributed by atoms with Crippen molar-refractivity contribution in [2.75, 3.05) is 19.6 Å². The second kappa shape index (κ2) is 6.45. The first-order valence-corrected chi connectivity index (χ1v) is 8.34. The van der Waals surface area contributed by atoms with Crippen molar-refractivity contribution in [2.24, 2.45) is 5.41 Å². The van der Waals surface area contributed by atoms with E-state index in [9.17, 15) is 5.26 Å². The average molecular weight is 277 g/mol. The number of hydrogen-bond acceptors (Lipinski definition) is 3. The molecule has 20 heavy (non-hydrogen) atoms. The van der Waals surface area contributed by atoms with Crippen LogP contribution in [0.5, 0.6) is 0 Å². The van der Waals surface area contributed by atoms with Crippen LogP contribution >= 0.6 is 0 Å². The molecule has 1 aliphatic heterocycles. The minimum absolute atomic E-state index is 0.303. The maximum Gasteiger partial charge on any atom is 0.104 e. The number of nitrogens with zero attached hydrogens (tertiary/aromatic N) is 2. The summed E-state index contributed by atoms with van der Waals surface area (Å²) in [6, 6.07) is 3.09. The highest BCUT2D eigenvalue weighted by atomic mass is 15.1. The Bertz CT molecular complexity index is 354. The molecule has 1 unspecified atom stereocenters. The first-order chi connectivity index (χ1) is 9.42. The van der Waals surface area contributed by atoms with Crippen molar-refractivity contribution in [3.05, 3.63) is 0 Å². The highest BCUT2D eigenvalue weighted by molar-refractivity contribution is 5.06. The van der Waals surface area contributed by atoms with E-state index in [0.717, 1.165) is 12.8 Å². The summed E-state index contributed by atoms with van der Waals surface area (Å²) >= 11 is 0. The van der Waals surface area contributed by atoms with Crippen molar-refractivity contribution in [3.8, 4) is 6.07 Å². The van der Waals surface area contributed by atoms with Gasteiger partial charge in [0.15, 0.2) is 0 Å². The molecule has 0 bridgehead atoms. The molecular formula is C17H31N3. The van der Waals surface area contributed by atoms with Crippen LogP contribution in [0.2, 0.25) is 0 Å². The zero-order valence-corrected chi connectivity index (χ0v) is 13.5. The molecule has 114 valence electrons. The molecule has 3 heteroatoms. The van der Waals surface area contributed by atoms with Crippen molar-refractivity contribution in [3.63, 3.8) is 0 Å². The molecular weight excluding hydrogens is 246 g/mol. The summed E-state index contributed by atoms with van der Waals surface area (Å²) in [7, 11) is 0. The smallest absolute Gasteiger partial charge is 0.104 e. The van der Waals surface area contributed by atoms with Gasteiger partial charge < -0.3 is 4.90 Å². The molecule has 1 saturated carbocycles. The maximum absolute atomic E-state index is 9.36. The van der Waals surface area contributed by atoms with Crippen LogP contribution in [-0.4, -0.2) is 36.1 Å². The van der Waals surface area contributed by atoms with Gasteiger partial charge in [0.1, 0.15) is 5.54 Å². The van der Waals surface area contributed by atoms with E-state index in [1.54, 1.807) is 0 Å². The molecule has 2 fully saturated rings. The third kappa shape index (κ3) is 5.07. The minimum Gasteiger partial charge on any atom is -0.303 e. The molecule has 1 heterocycles. The minimum atomic E-state index is -0.303. The molecule has 0 aromatic carbocycles. The molecule has 1 saturated heterocycles. The molecule has 0 spiro atoms. The number of likely N-dealkylation sites (tertiary alicyclic amines) is 1. The summed E-state index contributed by atoms with van der Waals surface area (Å²) in [5.74, 6) is 0. The van der Waals surface area contributed by atoms with Gasteiger partial charge in [-0.25, -0.2) is 0 Å². The molecule has 2 aliphatic rings. The molecule has 1 N–H and O–H groups in total. The Morgan fingerprint density at radius 1 is 1.35 bits per heavy atom. The fraction of sp³-hybridized carbons (Fsp3) is 0.941. The lowest BCUT2D eigenvalue weighted by Crippen LogP contribution is -2.43. The SMILES string of the molecule is CC1(C)CCCN(CCCCC(C)(C#N)NC2CC2)C1. The summed E-state index contributed by atoms with van der Waals surface area (Å²) in [5, 5.41) is 12.8. The molecule has 0 aromatic heterocycles. The fourth-order valence-electron chi connectivity index (χ4n) is 3.39. The predicted octanol–water partition coefficient (Wildman–Crippen LogP) is 3.31. The Kier molecular flexibility index (Phi) is 5.09. The topological polar surface area (TPSA) is 39.1 Å². The van der Waals surface area contributed by atoms with Crippen molar-refractivity contribution in [1.29, 1.82) is 5.26 Å². The predicted molar refractivity (Wildman–Crippen MR) is 83.5 cm³/mol. The van der Waals surface area contributed by atoms with Crippen molar-refractivity contribution >= 4 is 0 Å². The largest absolute Gasteiger partial charge is 0.303 e. The van der Waals surface area contributed by atoms with E-state index < -0.39 is 0 Å². The number of hydrogen-bond donors (Lipinski definition) is 1. The second-order valence-electron chi connectivity index (χ2n) is 7.86. The summed E-state index contributed by atoms with van der Waals surface area (Å²) in [6.07, 6.45) is 8.56. The zero-order chi connectivity index (χ0) is 14.6. The molecule has 3 nitrogen and oxygen atoms in total. The van der Waals surface area contributed by atoms with Gasteiger partial charge in [-0.05, 0) is 70.4 Å². The third-order valence-electron chi connectivity index (χ3n) is 4.73. The van der Waals surface area contributed by atoms with Gasteiger partial charge in [0, 0.05) is 12.6 Å². The third-order valence-corrected chi connectivity index (χ3v) is 4.73. The Morgan fingerprint density at radius 2 is 2.10 bits per heavy atom. The van der Waals surface area contributed by atoms with E-state index >= 15 is 0 Å². The fourth-order valence-corrected chi connectivity index (χ4v) is 3.39. The Labute approximate surface area is 124 Å². The van der Waals surface area contributed by atoms with Crippen LogP contribution in [0.4, 0.5) is 0 Å². The number of nitriles is 1. The lowest BCUT2D eigenvalue weighted by molar-refractivity contribution is 0.115. The standard InChI is InChI=1S/C17H31N3/c1-16(2)9-6-12-20(14-16)11-5-4-10-17(3,13-18)19-15-7-8-15/h15,19H,4-12,14H2,1-3H3. The van der Waals surface area contributed by atoms with Gasteiger partial charge in [0.25, 0.3) is 0 Å². The molecule has 1 aliphatic carbocycles. The van der Waals surface area contributed by atoms with E-state index in [4.69, 9.17) is 0 Å². The van der Waals surface area contributed by atoms with Crippen LogP contribution in [0.15, 0.2) is 0 Å². The Hall–Kier alpha value is -0.590. The van der Waals surface area contributed by atoms with E-state index in [1.807, 2.05) is 0 Å². The molecule has 2 rings (SSSR count). The normalized spacial score (nSPS) is 25.9. The van der Waals surface area contributed by atoms with Gasteiger partial charge in [-0.2, -0.15) is 5.26 Å². The molecule has 0 aromatic rings. The van der Waals surface area contributed by atoms with Crippen LogP contribution in [0.3, 0.4) is 0 Å². The molecule has 0 amide bonds. The first-order valence-electron chi connectivity index (χ1n) is 8.34. The number of piperidine rings is 1. The maximum atomic E-state index is 9.36. The van der Waals surface area contributed by atoms with Gasteiger partial charge in [-0.15, -0.1) is 0 Å². The zero-order valence-electron chi connectivity index (χ0n) is 13.5. The van der Waals surface area contributed by atoms with Crippen LogP contribution in [0, 0.1) is 16.7 Å². The summed E-state index contributed by atoms with van der Waals surface area (Å²) in [4.78, 5) is 2.61. The quantitative estimate of drug-likeness (QED) is 0.726. The Balaban J connectivity index is 1.64. The van der Waals surface area contributed by atoms with E-state index in [1.165, 1.54) is 51.7 Å². The van der Waals surface area contributed by atoms with Gasteiger partial charge >= 0.3 is 0 Å². The van der Waals surface area contributed by atoms with E-state index in [2.05, 4.69) is 37.1 Å². The van der Waals surface area contributed by atoms with Crippen LogP contribution in [0.25, 0.3) is 0 Å². The summed E-state index contributed by atoms with van der Waals surface area (Å²) < 4.78 is 0. The van der Waals surface area contributed by atoms with Crippen LogP contribution in [-0.2, 0) is 0 Å². The summed E-state index contributed by atoms with van der Waals surface area (Å²) in [6.45, 7) is 10.5. The van der Waals surface area contributed by atoms with Crippen LogP contribution < -0.4 is 5.32 Å². The van der Waals surface area contributed by atoms with Gasteiger partial charge in [-0.1, -0.05) is 13.8 Å². The summed E-state index contributed by atoms with van der Waals surface area (Å²) in [5.41, 5.74) is 0.190. The van der Waals surface area contributed by atoms with Crippen molar-refractivity contribution < 1.29 is 0 Å². The molecule has 1 atom stereocenters. The van der Waals surface area contributed by atoms with Crippen molar-refractivity contribution in [1.82, 2.24) is 10.2 Å². The van der Waals surface area contributed by atoms with E-state index in [-0.39, 0.29) is 5.54 Å². The van der Waals surface area contributed by atoms with Crippen LogP contribution in [0.1, 0.15) is 65.7 Å². The Morgan fingerprint density at radius 3 is 2.70 bits per heavy atom. The molecule has 0 radical (unpaired) electrons. The van der Waals surface area contributed by atoms with Gasteiger partial charge in [0.05, 0.1) is 6.07 Å². The van der Waals surface area contributed by atoms with Crippen molar-refractivity contribution in [2.45, 2.75) is 77.3 Å². The second-order valence-corrected chi connectivity index (χ2v) is 7.86. The lowest BCUT2D eigenvalue weighted by atomic mass is 9.84.